The second-order valence-electron chi connectivity index (χ2n) is 6.62. The average Bonchev–Trinajstić information content (AvgIpc) is 3.06. The molecule has 0 spiro atoms. The summed E-state index contributed by atoms with van der Waals surface area (Å²) in [7, 11) is 0. The van der Waals surface area contributed by atoms with Crippen LogP contribution in [0.15, 0.2) is 24.3 Å². The summed E-state index contributed by atoms with van der Waals surface area (Å²) in [6, 6.07) is 4.81. The maximum absolute atomic E-state index is 13.3. The number of amides is 1. The van der Waals surface area contributed by atoms with E-state index in [1.165, 1.54) is 12.1 Å². The molecule has 0 saturated carbocycles. The highest BCUT2D eigenvalue weighted by atomic mass is 35.5. The normalized spacial score (nSPS) is 11.8. The first-order valence-corrected chi connectivity index (χ1v) is 10.2. The number of aromatic hydroxyl groups is 1. The second kappa shape index (κ2) is 8.79. The number of anilines is 1. The van der Waals surface area contributed by atoms with Gasteiger partial charge in [-0.3, -0.25) is 10.1 Å². The summed E-state index contributed by atoms with van der Waals surface area (Å²) in [4.78, 5) is 16.8. The van der Waals surface area contributed by atoms with Crippen LogP contribution in [0.4, 0.5) is 18.3 Å². The highest BCUT2D eigenvalue weighted by Crippen LogP contribution is 2.37. The fourth-order valence-corrected chi connectivity index (χ4v) is 4.05. The number of nitrogens with zero attached hydrogens (tertiary/aromatic N) is 1. The molecule has 3 aromatic rings. The number of phenolic OH excluding ortho intramolecular Hbond substituents is 1. The SMILES string of the molecule is CCCOCc1cc(C(F)(F)F)cc2sc(NC(=O)c3cc(Cl)cc(C)c3O)nc12. The summed E-state index contributed by atoms with van der Waals surface area (Å²) in [5.74, 6) is -0.900. The minimum Gasteiger partial charge on any atom is -0.507 e. The lowest BCUT2D eigenvalue weighted by molar-refractivity contribution is -0.137. The van der Waals surface area contributed by atoms with E-state index >= 15 is 0 Å². The first-order valence-electron chi connectivity index (χ1n) is 8.99. The highest BCUT2D eigenvalue weighted by molar-refractivity contribution is 7.22. The van der Waals surface area contributed by atoms with Crippen LogP contribution >= 0.6 is 22.9 Å². The molecule has 5 nitrogen and oxygen atoms in total. The van der Waals surface area contributed by atoms with Gasteiger partial charge in [0.1, 0.15) is 5.75 Å². The van der Waals surface area contributed by atoms with Crippen LogP contribution in [0, 0.1) is 6.92 Å². The maximum atomic E-state index is 13.3. The average molecular weight is 459 g/mol. The molecule has 0 radical (unpaired) electrons. The van der Waals surface area contributed by atoms with Crippen LogP contribution in [0.25, 0.3) is 10.2 Å². The van der Waals surface area contributed by atoms with Crippen LogP contribution in [0.3, 0.4) is 0 Å². The van der Waals surface area contributed by atoms with E-state index in [-0.39, 0.29) is 38.3 Å². The number of nitrogens with one attached hydrogen (secondary N) is 1. The van der Waals surface area contributed by atoms with Gasteiger partial charge in [-0.2, -0.15) is 13.2 Å². The van der Waals surface area contributed by atoms with Gasteiger partial charge in [-0.25, -0.2) is 4.98 Å². The van der Waals surface area contributed by atoms with Gasteiger partial charge in [-0.15, -0.1) is 0 Å². The summed E-state index contributed by atoms with van der Waals surface area (Å²) in [6.07, 6.45) is -3.80. The van der Waals surface area contributed by atoms with E-state index in [1.54, 1.807) is 6.92 Å². The lowest BCUT2D eigenvalue weighted by Crippen LogP contribution is -2.12. The third kappa shape index (κ3) is 4.85. The lowest BCUT2D eigenvalue weighted by atomic mass is 10.1. The number of hydrogen-bond donors (Lipinski definition) is 2. The van der Waals surface area contributed by atoms with Crippen molar-refractivity contribution in [3.05, 3.63) is 51.5 Å². The number of carbonyl (C=O) groups excluding carboxylic acids is 1. The van der Waals surface area contributed by atoms with Gasteiger partial charge in [0, 0.05) is 17.2 Å². The zero-order valence-electron chi connectivity index (χ0n) is 16.1. The Morgan fingerprint density at radius 2 is 2.03 bits per heavy atom. The van der Waals surface area contributed by atoms with Gasteiger partial charge in [0.2, 0.25) is 0 Å². The molecule has 0 fully saturated rings. The van der Waals surface area contributed by atoms with Crippen molar-refractivity contribution in [3.8, 4) is 5.75 Å². The van der Waals surface area contributed by atoms with Crippen LogP contribution in [0.5, 0.6) is 5.75 Å². The number of halogens is 4. The van der Waals surface area contributed by atoms with E-state index in [1.807, 2.05) is 6.92 Å². The minimum atomic E-state index is -4.52. The molecule has 0 saturated heterocycles. The Bertz CT molecular complexity index is 1100. The van der Waals surface area contributed by atoms with Crippen LogP contribution < -0.4 is 5.32 Å². The van der Waals surface area contributed by atoms with E-state index in [2.05, 4.69) is 10.3 Å². The number of ether oxygens (including phenoxy) is 1. The van der Waals surface area contributed by atoms with E-state index < -0.39 is 17.6 Å². The van der Waals surface area contributed by atoms with Gasteiger partial charge >= 0.3 is 6.18 Å². The molecule has 0 aliphatic carbocycles. The molecule has 10 heteroatoms. The van der Waals surface area contributed by atoms with Gasteiger partial charge in [0.25, 0.3) is 5.91 Å². The molecule has 0 bridgehead atoms. The molecule has 1 aromatic heterocycles. The zero-order valence-corrected chi connectivity index (χ0v) is 17.6. The monoisotopic (exact) mass is 458 g/mol. The Morgan fingerprint density at radius 3 is 2.70 bits per heavy atom. The van der Waals surface area contributed by atoms with E-state index in [9.17, 15) is 23.1 Å². The fourth-order valence-electron chi connectivity index (χ4n) is 2.83. The Balaban J connectivity index is 1.97. The van der Waals surface area contributed by atoms with Gasteiger partial charge < -0.3 is 9.84 Å². The molecular formula is C20H18ClF3N2O3S. The molecule has 2 N–H and O–H groups in total. The molecule has 2 aromatic carbocycles. The number of carbonyl (C=O) groups is 1. The van der Waals surface area contributed by atoms with Gasteiger partial charge in [0.05, 0.1) is 28.0 Å². The number of alkyl halides is 3. The van der Waals surface area contributed by atoms with Crippen molar-refractivity contribution in [1.29, 1.82) is 0 Å². The Morgan fingerprint density at radius 1 is 1.30 bits per heavy atom. The standard InChI is InChI=1S/C20H18ClF3N2O3S/c1-3-4-29-9-11-6-12(20(22,23)24)7-15-16(11)25-19(30-15)26-18(28)14-8-13(21)5-10(2)17(14)27/h5-8,27H,3-4,9H2,1-2H3,(H,25,26,28). The quantitative estimate of drug-likeness (QED) is 0.434. The van der Waals surface area contributed by atoms with Gasteiger partial charge in [-0.05, 0) is 43.2 Å². The van der Waals surface area contributed by atoms with Gasteiger partial charge in [0.15, 0.2) is 5.13 Å². The topological polar surface area (TPSA) is 71.5 Å². The maximum Gasteiger partial charge on any atom is 0.416 e. The summed E-state index contributed by atoms with van der Waals surface area (Å²) in [6.45, 7) is 3.86. The predicted molar refractivity (Wildman–Crippen MR) is 110 cm³/mol. The van der Waals surface area contributed by atoms with Gasteiger partial charge in [-0.1, -0.05) is 29.9 Å². The summed E-state index contributed by atoms with van der Waals surface area (Å²) in [5, 5.41) is 13.0. The molecule has 0 aliphatic rings. The van der Waals surface area contributed by atoms with Crippen molar-refractivity contribution >= 4 is 44.2 Å². The Hall–Kier alpha value is -2.36. The third-order valence-corrected chi connectivity index (χ3v) is 5.37. The number of aryl methyl sites for hydroxylation is 1. The summed E-state index contributed by atoms with van der Waals surface area (Å²) in [5.41, 5.74) is 0.163. The van der Waals surface area contributed by atoms with Crippen molar-refractivity contribution < 1.29 is 27.8 Å². The van der Waals surface area contributed by atoms with Crippen LogP contribution in [-0.4, -0.2) is 22.6 Å². The van der Waals surface area contributed by atoms with Crippen molar-refractivity contribution in [2.24, 2.45) is 0 Å². The molecule has 1 amide bonds. The lowest BCUT2D eigenvalue weighted by Gasteiger charge is -2.10. The molecule has 0 unspecified atom stereocenters. The van der Waals surface area contributed by atoms with Crippen LogP contribution in [0.2, 0.25) is 5.02 Å². The van der Waals surface area contributed by atoms with Crippen molar-refractivity contribution in [3.63, 3.8) is 0 Å². The minimum absolute atomic E-state index is 0.0281. The summed E-state index contributed by atoms with van der Waals surface area (Å²) < 4.78 is 45.5. The zero-order chi connectivity index (χ0) is 22.1. The molecular weight excluding hydrogens is 441 g/mol. The smallest absolute Gasteiger partial charge is 0.416 e. The number of fused-ring (bicyclic) bond motifs is 1. The second-order valence-corrected chi connectivity index (χ2v) is 8.09. The predicted octanol–water partition coefficient (Wildman–Crippen LogP) is 6.16. The summed E-state index contributed by atoms with van der Waals surface area (Å²) >= 11 is 6.86. The molecule has 0 aliphatic heterocycles. The van der Waals surface area contributed by atoms with Crippen molar-refractivity contribution in [2.45, 2.75) is 33.1 Å². The largest absolute Gasteiger partial charge is 0.507 e. The highest BCUT2D eigenvalue weighted by Gasteiger charge is 2.32. The molecule has 0 atom stereocenters. The molecule has 160 valence electrons. The number of phenols is 1. The first kappa shape index (κ1) is 22.3. The number of benzene rings is 2. The van der Waals surface area contributed by atoms with Crippen LogP contribution in [0.1, 0.15) is 40.4 Å². The Kier molecular flexibility index (Phi) is 6.54. The molecule has 3 rings (SSSR count). The first-order chi connectivity index (χ1) is 14.1. The third-order valence-electron chi connectivity index (χ3n) is 4.24. The number of thiazole rings is 1. The van der Waals surface area contributed by atoms with Crippen LogP contribution in [-0.2, 0) is 17.5 Å². The molecule has 30 heavy (non-hydrogen) atoms. The van der Waals surface area contributed by atoms with Crippen molar-refractivity contribution in [2.75, 3.05) is 11.9 Å². The van der Waals surface area contributed by atoms with E-state index in [0.717, 1.165) is 29.9 Å². The number of rotatable bonds is 6. The fraction of sp³-hybridized carbons (Fsp3) is 0.300. The number of aromatic nitrogens is 1. The Labute approximate surface area is 179 Å². The number of hydrogen-bond acceptors (Lipinski definition) is 5. The molecule has 1 heterocycles. The van der Waals surface area contributed by atoms with E-state index in [4.69, 9.17) is 16.3 Å². The van der Waals surface area contributed by atoms with E-state index in [0.29, 0.717) is 17.7 Å². The van der Waals surface area contributed by atoms with Crippen molar-refractivity contribution in [1.82, 2.24) is 4.98 Å².